The SMILES string of the molecule is Cc1nc2c([nH]1)CCN(C(=O)c1ccc(NC(=O)c3ccccc3P)cc1)c1ccccc1-2. The van der Waals surface area contributed by atoms with Crippen molar-refractivity contribution in [1.82, 2.24) is 9.97 Å². The highest BCUT2D eigenvalue weighted by Crippen LogP contribution is 2.35. The van der Waals surface area contributed by atoms with Gasteiger partial charge >= 0.3 is 0 Å². The number of aryl methyl sites for hydroxylation is 1. The lowest BCUT2D eigenvalue weighted by Crippen LogP contribution is -2.32. The summed E-state index contributed by atoms with van der Waals surface area (Å²) in [5.74, 6) is 0.596. The van der Waals surface area contributed by atoms with Crippen molar-refractivity contribution in [2.75, 3.05) is 16.8 Å². The summed E-state index contributed by atoms with van der Waals surface area (Å²) in [4.78, 5) is 35.8. The summed E-state index contributed by atoms with van der Waals surface area (Å²) in [5, 5.41) is 3.72. The maximum Gasteiger partial charge on any atom is 0.258 e. The third-order valence-corrected chi connectivity index (χ3v) is 6.28. The van der Waals surface area contributed by atoms with Crippen molar-refractivity contribution >= 4 is 37.7 Å². The molecule has 2 amide bonds. The largest absolute Gasteiger partial charge is 0.346 e. The summed E-state index contributed by atoms with van der Waals surface area (Å²) in [6, 6.07) is 22.2. The Labute approximate surface area is 194 Å². The van der Waals surface area contributed by atoms with Gasteiger partial charge in [-0.25, -0.2) is 4.98 Å². The zero-order chi connectivity index (χ0) is 22.9. The number of anilines is 2. The molecular formula is C26H23N4O2P. The quantitative estimate of drug-likeness (QED) is 0.452. The number of H-pyrrole nitrogens is 1. The van der Waals surface area contributed by atoms with Gasteiger partial charge in [-0.2, -0.15) is 0 Å². The van der Waals surface area contributed by atoms with Gasteiger partial charge in [0.1, 0.15) is 5.82 Å². The maximum absolute atomic E-state index is 13.5. The average Bonchev–Trinajstić information content (AvgIpc) is 3.13. The van der Waals surface area contributed by atoms with E-state index in [1.165, 1.54) is 0 Å². The second-order valence-electron chi connectivity index (χ2n) is 7.99. The normalized spacial score (nSPS) is 12.5. The first-order chi connectivity index (χ1) is 16.0. The first-order valence-electron chi connectivity index (χ1n) is 10.7. The van der Waals surface area contributed by atoms with Crippen LogP contribution < -0.4 is 15.5 Å². The Hall–Kier alpha value is -3.76. The molecule has 0 radical (unpaired) electrons. The topological polar surface area (TPSA) is 78.1 Å². The Kier molecular flexibility index (Phi) is 5.53. The van der Waals surface area contributed by atoms with Gasteiger partial charge in [0.05, 0.1) is 11.4 Å². The first kappa shape index (κ1) is 21.1. The van der Waals surface area contributed by atoms with Gasteiger partial charge in [-0.05, 0) is 48.6 Å². The molecule has 33 heavy (non-hydrogen) atoms. The van der Waals surface area contributed by atoms with Crippen LogP contribution in [-0.2, 0) is 6.42 Å². The summed E-state index contributed by atoms with van der Waals surface area (Å²) in [6.07, 6.45) is 0.694. The van der Waals surface area contributed by atoms with E-state index in [0.29, 0.717) is 29.8 Å². The van der Waals surface area contributed by atoms with Crippen molar-refractivity contribution in [3.8, 4) is 11.3 Å². The van der Waals surface area contributed by atoms with Crippen LogP contribution in [0, 0.1) is 6.92 Å². The molecule has 0 saturated carbocycles. The van der Waals surface area contributed by atoms with Crippen LogP contribution in [0.2, 0.25) is 0 Å². The number of carbonyl (C=O) groups is 2. The average molecular weight is 454 g/mol. The molecule has 1 aromatic heterocycles. The Morgan fingerprint density at radius 2 is 1.73 bits per heavy atom. The number of imidazole rings is 1. The molecule has 0 fully saturated rings. The van der Waals surface area contributed by atoms with Crippen molar-refractivity contribution in [2.24, 2.45) is 0 Å². The number of hydrogen-bond donors (Lipinski definition) is 2. The number of aromatic nitrogens is 2. The van der Waals surface area contributed by atoms with Gasteiger partial charge < -0.3 is 15.2 Å². The Balaban J connectivity index is 1.39. The maximum atomic E-state index is 13.5. The van der Waals surface area contributed by atoms with E-state index in [1.807, 2.05) is 49.4 Å². The Bertz CT molecular complexity index is 1360. The zero-order valence-corrected chi connectivity index (χ0v) is 19.3. The second-order valence-corrected chi connectivity index (χ2v) is 8.61. The molecule has 1 atom stereocenters. The van der Waals surface area contributed by atoms with Crippen molar-refractivity contribution in [2.45, 2.75) is 13.3 Å². The lowest BCUT2D eigenvalue weighted by molar-refractivity contribution is 0.0986. The van der Waals surface area contributed by atoms with Gasteiger partial charge in [0, 0.05) is 41.0 Å². The van der Waals surface area contributed by atoms with E-state index in [2.05, 4.69) is 24.5 Å². The highest BCUT2D eigenvalue weighted by Gasteiger charge is 2.26. The highest BCUT2D eigenvalue weighted by molar-refractivity contribution is 7.27. The molecule has 0 bridgehead atoms. The van der Waals surface area contributed by atoms with E-state index in [1.54, 1.807) is 35.2 Å². The molecule has 3 aromatic carbocycles. The van der Waals surface area contributed by atoms with Crippen molar-refractivity contribution in [3.05, 3.63) is 95.4 Å². The van der Waals surface area contributed by atoms with E-state index in [4.69, 9.17) is 0 Å². The molecule has 0 saturated heterocycles. The summed E-state index contributed by atoms with van der Waals surface area (Å²) in [6.45, 7) is 2.49. The van der Waals surface area contributed by atoms with Crippen LogP contribution in [0.1, 0.15) is 32.2 Å². The van der Waals surface area contributed by atoms with E-state index in [-0.39, 0.29) is 11.8 Å². The number of nitrogens with one attached hydrogen (secondary N) is 2. The van der Waals surface area contributed by atoms with E-state index in [9.17, 15) is 9.59 Å². The van der Waals surface area contributed by atoms with Crippen LogP contribution in [-0.4, -0.2) is 28.3 Å². The lowest BCUT2D eigenvalue weighted by atomic mass is 10.1. The number of fused-ring (bicyclic) bond motifs is 3. The molecular weight excluding hydrogens is 431 g/mol. The minimum Gasteiger partial charge on any atom is -0.346 e. The lowest BCUT2D eigenvalue weighted by Gasteiger charge is -2.23. The summed E-state index contributed by atoms with van der Waals surface area (Å²) in [5.41, 5.74) is 5.54. The molecule has 5 rings (SSSR count). The zero-order valence-electron chi connectivity index (χ0n) is 18.1. The van der Waals surface area contributed by atoms with Crippen LogP contribution in [0.3, 0.4) is 0 Å². The van der Waals surface area contributed by atoms with Gasteiger partial charge in [-0.1, -0.05) is 36.4 Å². The van der Waals surface area contributed by atoms with Gasteiger partial charge in [-0.3, -0.25) is 9.59 Å². The van der Waals surface area contributed by atoms with Crippen molar-refractivity contribution in [3.63, 3.8) is 0 Å². The molecule has 4 aromatic rings. The van der Waals surface area contributed by atoms with Crippen LogP contribution in [0.5, 0.6) is 0 Å². The van der Waals surface area contributed by atoms with Gasteiger partial charge in [0.15, 0.2) is 0 Å². The van der Waals surface area contributed by atoms with Crippen LogP contribution in [0.15, 0.2) is 72.8 Å². The molecule has 2 heterocycles. The molecule has 2 N–H and O–H groups in total. The Morgan fingerprint density at radius 3 is 2.52 bits per heavy atom. The van der Waals surface area contributed by atoms with Crippen molar-refractivity contribution < 1.29 is 9.59 Å². The monoisotopic (exact) mass is 454 g/mol. The van der Waals surface area contributed by atoms with Crippen LogP contribution in [0.25, 0.3) is 11.3 Å². The minimum atomic E-state index is -0.190. The number of aromatic amines is 1. The first-order valence-corrected chi connectivity index (χ1v) is 11.3. The molecule has 6 nitrogen and oxygen atoms in total. The molecule has 1 aliphatic heterocycles. The number of nitrogens with zero attached hydrogens (tertiary/aromatic N) is 2. The fourth-order valence-corrected chi connectivity index (χ4v) is 4.50. The predicted molar refractivity (Wildman–Crippen MR) is 134 cm³/mol. The number of carbonyl (C=O) groups excluding carboxylic acids is 2. The van der Waals surface area contributed by atoms with Crippen LogP contribution in [0.4, 0.5) is 11.4 Å². The fourth-order valence-electron chi connectivity index (χ4n) is 4.16. The molecule has 1 unspecified atom stereocenters. The Morgan fingerprint density at radius 1 is 1.00 bits per heavy atom. The number of rotatable bonds is 3. The highest BCUT2D eigenvalue weighted by atomic mass is 31.0. The van der Waals surface area contributed by atoms with Crippen molar-refractivity contribution in [1.29, 1.82) is 0 Å². The predicted octanol–water partition coefficient (Wildman–Crippen LogP) is 4.34. The van der Waals surface area contributed by atoms with Gasteiger partial charge in [-0.15, -0.1) is 9.24 Å². The number of para-hydroxylation sites is 1. The summed E-state index contributed by atoms with van der Waals surface area (Å²) in [7, 11) is 2.57. The minimum absolute atomic E-state index is 0.0856. The van der Waals surface area contributed by atoms with E-state index >= 15 is 0 Å². The summed E-state index contributed by atoms with van der Waals surface area (Å²) >= 11 is 0. The third-order valence-electron chi connectivity index (χ3n) is 5.77. The molecule has 1 aliphatic rings. The molecule has 0 spiro atoms. The van der Waals surface area contributed by atoms with E-state index in [0.717, 1.165) is 33.8 Å². The van der Waals surface area contributed by atoms with Crippen LogP contribution >= 0.6 is 9.24 Å². The van der Waals surface area contributed by atoms with Gasteiger partial charge in [0.2, 0.25) is 0 Å². The summed E-state index contributed by atoms with van der Waals surface area (Å²) < 4.78 is 0. The smallest absolute Gasteiger partial charge is 0.258 e. The fraction of sp³-hybridized carbons (Fsp3) is 0.115. The standard InChI is InChI=1S/C26H23N4O2P/c1-16-27-21-14-15-30(22-8-4-2-6-19(22)24(21)28-16)26(32)17-10-12-18(13-11-17)29-25(31)20-7-3-5-9-23(20)33/h2-13H,14-15,33H2,1H3,(H,27,28)(H,29,31). The second kappa shape index (κ2) is 8.64. The number of benzene rings is 3. The molecule has 0 aliphatic carbocycles. The van der Waals surface area contributed by atoms with E-state index < -0.39 is 0 Å². The molecule has 164 valence electrons. The molecule has 7 heteroatoms. The third kappa shape index (κ3) is 4.06. The van der Waals surface area contributed by atoms with Gasteiger partial charge in [0.25, 0.3) is 11.8 Å². The number of amides is 2. The number of hydrogen-bond acceptors (Lipinski definition) is 3.